The maximum atomic E-state index is 13.1. The molecule has 2 aromatic rings. The maximum Gasteiger partial charge on any atom is 0.243 e. The lowest BCUT2D eigenvalue weighted by molar-refractivity contribution is 0.204. The van der Waals surface area contributed by atoms with Crippen LogP contribution in [0.25, 0.3) is 0 Å². The Labute approximate surface area is 173 Å². The van der Waals surface area contributed by atoms with E-state index in [2.05, 4.69) is 10.6 Å². The highest BCUT2D eigenvalue weighted by atomic mass is 32.2. The zero-order chi connectivity index (χ0) is 20.3. The summed E-state index contributed by atoms with van der Waals surface area (Å²) in [6.07, 6.45) is 2.88. The summed E-state index contributed by atoms with van der Waals surface area (Å²) < 4.78 is 27.8. The van der Waals surface area contributed by atoms with Crippen molar-refractivity contribution in [2.75, 3.05) is 10.6 Å². The van der Waals surface area contributed by atoms with E-state index in [0.29, 0.717) is 10.0 Å². The van der Waals surface area contributed by atoms with E-state index >= 15 is 0 Å². The van der Waals surface area contributed by atoms with E-state index in [4.69, 9.17) is 12.2 Å². The van der Waals surface area contributed by atoms with Crippen molar-refractivity contribution < 1.29 is 8.42 Å². The van der Waals surface area contributed by atoms with Gasteiger partial charge in [-0.3, -0.25) is 0 Å². The summed E-state index contributed by atoms with van der Waals surface area (Å²) in [6, 6.07) is 14.8. The van der Waals surface area contributed by atoms with Crippen LogP contribution in [-0.4, -0.2) is 29.9 Å². The second-order valence-electron chi connectivity index (χ2n) is 7.43. The molecular weight excluding hydrogens is 390 g/mol. The SMILES string of the molecule is Cc1ccc(NC(=S)Nc2ccc(S(=O)(=O)N3[C@H](C)CCC[C@H]3C)cc2)cc1. The first kappa shape index (κ1) is 20.8. The van der Waals surface area contributed by atoms with E-state index in [-0.39, 0.29) is 12.1 Å². The predicted octanol–water partition coefficient (Wildman–Crippen LogP) is 4.76. The van der Waals surface area contributed by atoms with E-state index in [0.717, 1.165) is 30.6 Å². The van der Waals surface area contributed by atoms with Crippen molar-refractivity contribution in [2.45, 2.75) is 57.0 Å². The standard InChI is InChI=1S/C21H27N3O2S2/c1-15-7-9-18(10-8-15)22-21(27)23-19-11-13-20(14-12-19)28(25,26)24-16(2)5-4-6-17(24)3/h7-14,16-17H,4-6H2,1-3H3,(H2,22,23,27)/t16-,17-/m1/s1. The van der Waals surface area contributed by atoms with Crippen LogP contribution in [-0.2, 0) is 10.0 Å². The number of sulfonamides is 1. The first-order chi connectivity index (χ1) is 13.3. The van der Waals surface area contributed by atoms with Gasteiger partial charge in [0.2, 0.25) is 10.0 Å². The fraction of sp³-hybridized carbons (Fsp3) is 0.381. The highest BCUT2D eigenvalue weighted by Crippen LogP contribution is 2.30. The van der Waals surface area contributed by atoms with Crippen LogP contribution in [0, 0.1) is 6.92 Å². The molecular formula is C21H27N3O2S2. The first-order valence-electron chi connectivity index (χ1n) is 9.55. The van der Waals surface area contributed by atoms with Crippen molar-refractivity contribution in [1.82, 2.24) is 4.31 Å². The molecule has 0 amide bonds. The Kier molecular flexibility index (Phi) is 6.37. The lowest BCUT2D eigenvalue weighted by atomic mass is 10.0. The molecule has 1 aliphatic heterocycles. The van der Waals surface area contributed by atoms with E-state index in [1.165, 1.54) is 5.56 Å². The van der Waals surface area contributed by atoms with Crippen LogP contribution < -0.4 is 10.6 Å². The average molecular weight is 418 g/mol. The van der Waals surface area contributed by atoms with Gasteiger partial charge < -0.3 is 10.6 Å². The number of piperidine rings is 1. The number of nitrogens with one attached hydrogen (secondary N) is 2. The molecule has 0 aromatic heterocycles. The highest BCUT2D eigenvalue weighted by Gasteiger charge is 2.35. The fourth-order valence-electron chi connectivity index (χ4n) is 3.63. The molecule has 0 spiro atoms. The normalized spacial score (nSPS) is 20.5. The van der Waals surface area contributed by atoms with Crippen molar-refractivity contribution in [1.29, 1.82) is 0 Å². The van der Waals surface area contributed by atoms with Gasteiger partial charge in [0.05, 0.1) is 4.90 Å². The number of aryl methyl sites for hydroxylation is 1. The van der Waals surface area contributed by atoms with Gasteiger partial charge >= 0.3 is 0 Å². The molecule has 5 nitrogen and oxygen atoms in total. The molecule has 0 bridgehead atoms. The molecule has 2 aromatic carbocycles. The molecule has 2 atom stereocenters. The second-order valence-corrected chi connectivity index (χ2v) is 9.68. The van der Waals surface area contributed by atoms with Crippen molar-refractivity contribution in [3.05, 3.63) is 54.1 Å². The van der Waals surface area contributed by atoms with Crippen LogP contribution in [0.1, 0.15) is 38.7 Å². The van der Waals surface area contributed by atoms with Gasteiger partial charge in [-0.2, -0.15) is 4.31 Å². The van der Waals surface area contributed by atoms with Gasteiger partial charge in [-0.1, -0.05) is 24.1 Å². The Morgan fingerprint density at radius 3 is 1.89 bits per heavy atom. The Morgan fingerprint density at radius 1 is 0.929 bits per heavy atom. The number of hydrogen-bond acceptors (Lipinski definition) is 3. The molecule has 1 heterocycles. The van der Waals surface area contributed by atoms with Gasteiger partial charge in [0, 0.05) is 23.5 Å². The van der Waals surface area contributed by atoms with Gasteiger partial charge in [0.15, 0.2) is 5.11 Å². The Bertz CT molecular complexity index is 915. The number of hydrogen-bond donors (Lipinski definition) is 2. The smallest absolute Gasteiger partial charge is 0.243 e. The summed E-state index contributed by atoms with van der Waals surface area (Å²) in [5.74, 6) is 0. The zero-order valence-electron chi connectivity index (χ0n) is 16.5. The number of benzene rings is 2. The number of nitrogens with zero attached hydrogens (tertiary/aromatic N) is 1. The third kappa shape index (κ3) is 4.71. The molecule has 150 valence electrons. The maximum absolute atomic E-state index is 13.1. The zero-order valence-corrected chi connectivity index (χ0v) is 18.1. The molecule has 1 aliphatic rings. The van der Waals surface area contributed by atoms with E-state index < -0.39 is 10.0 Å². The summed E-state index contributed by atoms with van der Waals surface area (Å²) in [5.41, 5.74) is 2.82. The van der Waals surface area contributed by atoms with Crippen molar-refractivity contribution in [2.24, 2.45) is 0 Å². The summed E-state index contributed by atoms with van der Waals surface area (Å²) in [5, 5.41) is 6.67. The van der Waals surface area contributed by atoms with Crippen molar-refractivity contribution in [3.8, 4) is 0 Å². The summed E-state index contributed by atoms with van der Waals surface area (Å²) in [7, 11) is -3.50. The highest BCUT2D eigenvalue weighted by molar-refractivity contribution is 7.89. The molecule has 0 unspecified atom stereocenters. The molecule has 3 rings (SSSR count). The van der Waals surface area contributed by atoms with E-state index in [9.17, 15) is 8.42 Å². The number of anilines is 2. The molecule has 7 heteroatoms. The fourth-order valence-corrected chi connectivity index (χ4v) is 5.75. The molecule has 1 saturated heterocycles. The van der Waals surface area contributed by atoms with Crippen LogP contribution >= 0.6 is 12.2 Å². The van der Waals surface area contributed by atoms with Gasteiger partial charge in [-0.05, 0) is 82.2 Å². The molecule has 1 fully saturated rings. The molecule has 0 aliphatic carbocycles. The predicted molar refractivity (Wildman–Crippen MR) is 119 cm³/mol. The molecule has 0 radical (unpaired) electrons. The van der Waals surface area contributed by atoms with Crippen LogP contribution in [0.2, 0.25) is 0 Å². The van der Waals surface area contributed by atoms with Crippen LogP contribution in [0.4, 0.5) is 11.4 Å². The topological polar surface area (TPSA) is 61.4 Å². The third-order valence-electron chi connectivity index (χ3n) is 5.11. The minimum atomic E-state index is -3.50. The van der Waals surface area contributed by atoms with Gasteiger partial charge in [-0.25, -0.2) is 8.42 Å². The Balaban J connectivity index is 1.68. The summed E-state index contributed by atoms with van der Waals surface area (Å²) in [6.45, 7) is 6.00. The third-order valence-corrected chi connectivity index (χ3v) is 7.46. The lowest BCUT2D eigenvalue weighted by Gasteiger charge is -2.37. The minimum Gasteiger partial charge on any atom is -0.332 e. The van der Waals surface area contributed by atoms with E-state index in [1.807, 2.05) is 45.0 Å². The Hall–Kier alpha value is -1.96. The lowest BCUT2D eigenvalue weighted by Crippen LogP contribution is -2.47. The van der Waals surface area contributed by atoms with Crippen LogP contribution in [0.3, 0.4) is 0 Å². The largest absolute Gasteiger partial charge is 0.332 e. The van der Waals surface area contributed by atoms with Gasteiger partial charge in [0.1, 0.15) is 0 Å². The van der Waals surface area contributed by atoms with Crippen molar-refractivity contribution in [3.63, 3.8) is 0 Å². The van der Waals surface area contributed by atoms with Gasteiger partial charge in [0.25, 0.3) is 0 Å². The summed E-state index contributed by atoms with van der Waals surface area (Å²) in [4.78, 5) is 0.316. The quantitative estimate of drug-likeness (QED) is 0.703. The molecule has 28 heavy (non-hydrogen) atoms. The van der Waals surface area contributed by atoms with Crippen LogP contribution in [0.5, 0.6) is 0 Å². The monoisotopic (exact) mass is 417 g/mol. The number of rotatable bonds is 4. The summed E-state index contributed by atoms with van der Waals surface area (Å²) >= 11 is 5.34. The Morgan fingerprint density at radius 2 is 1.39 bits per heavy atom. The number of thiocarbonyl (C=S) groups is 1. The second kappa shape index (κ2) is 8.59. The van der Waals surface area contributed by atoms with Crippen molar-refractivity contribution >= 4 is 38.7 Å². The molecule has 0 saturated carbocycles. The molecule has 2 N–H and O–H groups in total. The van der Waals surface area contributed by atoms with Gasteiger partial charge in [-0.15, -0.1) is 0 Å². The average Bonchev–Trinajstić information content (AvgIpc) is 2.64. The van der Waals surface area contributed by atoms with E-state index in [1.54, 1.807) is 28.6 Å². The van der Waals surface area contributed by atoms with Crippen LogP contribution in [0.15, 0.2) is 53.4 Å². The minimum absolute atomic E-state index is 0.0258. The first-order valence-corrected chi connectivity index (χ1v) is 11.4.